The Hall–Kier alpha value is -3.89. The number of nitrogens with one attached hydrogen (secondary N) is 1. The first-order valence-corrected chi connectivity index (χ1v) is 10.2. The summed E-state index contributed by atoms with van der Waals surface area (Å²) in [5.41, 5.74) is 3.08. The number of halogens is 1. The Kier molecular flexibility index (Phi) is 6.11. The summed E-state index contributed by atoms with van der Waals surface area (Å²) in [5, 5.41) is 12.3. The molecule has 1 aromatic heterocycles. The number of carbonyl (C=O) groups excluding carboxylic acids is 1. The van der Waals surface area contributed by atoms with Gasteiger partial charge < -0.3 is 14.5 Å². The van der Waals surface area contributed by atoms with E-state index < -0.39 is 0 Å². The lowest BCUT2D eigenvalue weighted by Gasteiger charge is -2.09. The number of nitrogens with zero attached hydrogens (tertiary/aromatic N) is 2. The van der Waals surface area contributed by atoms with Gasteiger partial charge in [-0.25, -0.2) is 4.98 Å². The van der Waals surface area contributed by atoms with Crippen LogP contribution in [0.3, 0.4) is 0 Å². The van der Waals surface area contributed by atoms with E-state index in [1.54, 1.807) is 42.5 Å². The molecule has 0 aliphatic rings. The second-order valence-corrected chi connectivity index (χ2v) is 7.40. The van der Waals surface area contributed by atoms with Crippen LogP contribution in [0.1, 0.15) is 11.5 Å². The Morgan fingerprint density at radius 1 is 1.13 bits per heavy atom. The van der Waals surface area contributed by atoms with Gasteiger partial charge in [0.05, 0.1) is 4.47 Å². The summed E-state index contributed by atoms with van der Waals surface area (Å²) in [4.78, 5) is 16.4. The third-order valence-electron chi connectivity index (χ3n) is 4.33. The minimum absolute atomic E-state index is 0.130. The van der Waals surface area contributed by atoms with E-state index in [-0.39, 0.29) is 18.4 Å². The Balaban J connectivity index is 1.46. The first kappa shape index (κ1) is 20.4. The lowest BCUT2D eigenvalue weighted by atomic mass is 10.1. The van der Waals surface area contributed by atoms with Crippen molar-refractivity contribution in [2.24, 2.45) is 0 Å². The first-order valence-electron chi connectivity index (χ1n) is 9.37. The lowest BCUT2D eigenvalue weighted by molar-refractivity contribution is -0.118. The summed E-state index contributed by atoms with van der Waals surface area (Å²) in [6.45, 7) is -0.130. The predicted molar refractivity (Wildman–Crippen MR) is 122 cm³/mol. The Bertz CT molecular complexity index is 1270. The van der Waals surface area contributed by atoms with Crippen molar-refractivity contribution >= 4 is 50.3 Å². The van der Waals surface area contributed by atoms with Crippen LogP contribution in [0.5, 0.6) is 5.75 Å². The fourth-order valence-corrected chi connectivity index (χ4v) is 3.39. The average Bonchev–Trinajstić information content (AvgIpc) is 3.21. The molecule has 1 amide bonds. The Morgan fingerprint density at radius 3 is 2.65 bits per heavy atom. The summed E-state index contributed by atoms with van der Waals surface area (Å²) in [6, 6.07) is 24.0. The predicted octanol–water partition coefficient (Wildman–Crippen LogP) is 5.67. The van der Waals surface area contributed by atoms with Gasteiger partial charge in [-0.1, -0.05) is 36.4 Å². The maximum atomic E-state index is 12.1. The van der Waals surface area contributed by atoms with Crippen molar-refractivity contribution in [1.29, 1.82) is 5.26 Å². The molecule has 4 aromatic rings. The fourth-order valence-electron chi connectivity index (χ4n) is 2.88. The zero-order valence-electron chi connectivity index (χ0n) is 16.2. The maximum absolute atomic E-state index is 12.1. The van der Waals surface area contributed by atoms with Gasteiger partial charge in [-0.15, -0.1) is 0 Å². The molecule has 6 nitrogen and oxygen atoms in total. The number of ether oxygens (including phenoxy) is 1. The number of nitriles is 1. The molecule has 31 heavy (non-hydrogen) atoms. The molecule has 0 unspecified atom stereocenters. The Labute approximate surface area is 186 Å². The van der Waals surface area contributed by atoms with Crippen LogP contribution in [0, 0.1) is 11.3 Å². The maximum Gasteiger partial charge on any atom is 0.262 e. The van der Waals surface area contributed by atoms with E-state index in [0.29, 0.717) is 32.6 Å². The number of carbonyl (C=O) groups is 1. The number of rotatable bonds is 6. The smallest absolute Gasteiger partial charge is 0.262 e. The molecule has 152 valence electrons. The van der Waals surface area contributed by atoms with Gasteiger partial charge in [-0.2, -0.15) is 5.26 Å². The van der Waals surface area contributed by atoms with Crippen molar-refractivity contribution in [3.05, 3.63) is 88.7 Å². The van der Waals surface area contributed by atoms with Gasteiger partial charge in [0, 0.05) is 5.69 Å². The van der Waals surface area contributed by atoms with E-state index in [4.69, 9.17) is 9.15 Å². The zero-order chi connectivity index (χ0) is 21.6. The van der Waals surface area contributed by atoms with Crippen molar-refractivity contribution in [2.75, 3.05) is 11.9 Å². The summed E-state index contributed by atoms with van der Waals surface area (Å²) < 4.78 is 11.9. The van der Waals surface area contributed by atoms with Crippen LogP contribution < -0.4 is 10.1 Å². The molecule has 0 saturated heterocycles. The first-order chi connectivity index (χ1) is 15.1. The summed E-state index contributed by atoms with van der Waals surface area (Å²) in [5.74, 6) is 0.517. The summed E-state index contributed by atoms with van der Waals surface area (Å²) in [6.07, 6.45) is 1.68. The van der Waals surface area contributed by atoms with Crippen LogP contribution in [-0.4, -0.2) is 17.5 Å². The zero-order valence-corrected chi connectivity index (χ0v) is 17.8. The number of para-hydroxylation sites is 3. The largest absolute Gasteiger partial charge is 0.483 e. The summed E-state index contributed by atoms with van der Waals surface area (Å²) >= 11 is 3.45. The Morgan fingerprint density at radius 2 is 1.90 bits per heavy atom. The highest BCUT2D eigenvalue weighted by molar-refractivity contribution is 9.10. The molecule has 3 aromatic carbocycles. The van der Waals surface area contributed by atoms with Gasteiger partial charge in [0.1, 0.15) is 22.9 Å². The molecule has 0 atom stereocenters. The van der Waals surface area contributed by atoms with Crippen LogP contribution in [0.4, 0.5) is 5.69 Å². The molecule has 0 bridgehead atoms. The standard InChI is InChI=1S/C24H16BrN3O3/c25-19-13-16(12-17(14-26)24-28-20-8-4-5-9-22(20)31-24)10-11-21(19)30-15-23(29)27-18-6-2-1-3-7-18/h1-13H,15H2,(H,27,29)/b17-12+. The van der Waals surface area contributed by atoms with E-state index in [9.17, 15) is 10.1 Å². The van der Waals surface area contributed by atoms with E-state index in [2.05, 4.69) is 32.3 Å². The quantitative estimate of drug-likeness (QED) is 0.364. The van der Waals surface area contributed by atoms with Crippen molar-refractivity contribution in [2.45, 2.75) is 0 Å². The average molecular weight is 474 g/mol. The number of amides is 1. The highest BCUT2D eigenvalue weighted by Crippen LogP contribution is 2.28. The van der Waals surface area contributed by atoms with E-state index in [1.807, 2.05) is 36.4 Å². The number of hydrogen-bond acceptors (Lipinski definition) is 5. The molecule has 7 heteroatoms. The number of oxazole rings is 1. The molecule has 0 saturated carbocycles. The molecule has 0 radical (unpaired) electrons. The van der Waals surface area contributed by atoms with Crippen molar-refractivity contribution < 1.29 is 13.9 Å². The highest BCUT2D eigenvalue weighted by atomic mass is 79.9. The second-order valence-electron chi connectivity index (χ2n) is 6.55. The molecule has 1 N–H and O–H groups in total. The molecule has 0 aliphatic heterocycles. The SMILES string of the molecule is N#C/C(=C\c1ccc(OCC(=O)Nc2ccccc2)c(Br)c1)c1nc2ccccc2o1. The van der Waals surface area contributed by atoms with Crippen LogP contribution >= 0.6 is 15.9 Å². The molecule has 4 rings (SSSR count). The number of fused-ring (bicyclic) bond motifs is 1. The van der Waals surface area contributed by atoms with Crippen molar-refractivity contribution in [1.82, 2.24) is 4.98 Å². The third-order valence-corrected chi connectivity index (χ3v) is 4.95. The van der Waals surface area contributed by atoms with Gasteiger partial charge in [0.25, 0.3) is 5.91 Å². The topological polar surface area (TPSA) is 88.1 Å². The number of allylic oxidation sites excluding steroid dienone is 1. The van der Waals surface area contributed by atoms with Crippen molar-refractivity contribution in [3.8, 4) is 11.8 Å². The van der Waals surface area contributed by atoms with E-state index >= 15 is 0 Å². The van der Waals surface area contributed by atoms with Gasteiger partial charge in [-0.3, -0.25) is 4.79 Å². The number of hydrogen-bond donors (Lipinski definition) is 1. The number of anilines is 1. The fraction of sp³-hybridized carbons (Fsp3) is 0.0417. The van der Waals surface area contributed by atoms with Gasteiger partial charge in [0.2, 0.25) is 5.89 Å². The van der Waals surface area contributed by atoms with Crippen LogP contribution in [-0.2, 0) is 4.79 Å². The van der Waals surface area contributed by atoms with Gasteiger partial charge >= 0.3 is 0 Å². The minimum atomic E-state index is -0.259. The molecule has 0 aliphatic carbocycles. The highest BCUT2D eigenvalue weighted by Gasteiger charge is 2.12. The third kappa shape index (κ3) is 5.00. The van der Waals surface area contributed by atoms with Crippen molar-refractivity contribution in [3.63, 3.8) is 0 Å². The molecular weight excluding hydrogens is 458 g/mol. The molecule has 1 heterocycles. The molecule has 0 fully saturated rings. The normalized spacial score (nSPS) is 11.2. The van der Waals surface area contributed by atoms with Crippen LogP contribution in [0.2, 0.25) is 0 Å². The summed E-state index contributed by atoms with van der Waals surface area (Å²) in [7, 11) is 0. The van der Waals surface area contributed by atoms with Crippen LogP contribution in [0.25, 0.3) is 22.7 Å². The number of benzene rings is 3. The minimum Gasteiger partial charge on any atom is -0.483 e. The van der Waals surface area contributed by atoms with E-state index in [0.717, 1.165) is 5.56 Å². The van der Waals surface area contributed by atoms with Gasteiger partial charge in [0.15, 0.2) is 12.2 Å². The molecule has 0 spiro atoms. The monoisotopic (exact) mass is 473 g/mol. The molecular formula is C24H16BrN3O3. The van der Waals surface area contributed by atoms with Gasteiger partial charge in [-0.05, 0) is 64.0 Å². The lowest BCUT2D eigenvalue weighted by Crippen LogP contribution is -2.20. The van der Waals surface area contributed by atoms with E-state index in [1.165, 1.54) is 0 Å². The van der Waals surface area contributed by atoms with Crippen LogP contribution in [0.15, 0.2) is 81.7 Å². The second kappa shape index (κ2) is 9.28. The number of aromatic nitrogens is 1.